The summed E-state index contributed by atoms with van der Waals surface area (Å²) in [5.41, 5.74) is 1.50. The van der Waals surface area contributed by atoms with Crippen molar-refractivity contribution in [1.29, 1.82) is 0 Å². The van der Waals surface area contributed by atoms with Crippen molar-refractivity contribution in [2.45, 2.75) is 43.4 Å². The average molecular weight is 361 g/mol. The van der Waals surface area contributed by atoms with Crippen LogP contribution >= 0.6 is 0 Å². The summed E-state index contributed by atoms with van der Waals surface area (Å²) in [7, 11) is -3.60. The van der Waals surface area contributed by atoms with Crippen LogP contribution < -0.4 is 4.72 Å². The van der Waals surface area contributed by atoms with Crippen molar-refractivity contribution >= 4 is 21.7 Å². The van der Waals surface area contributed by atoms with Gasteiger partial charge in [-0.3, -0.25) is 9.52 Å². The maximum absolute atomic E-state index is 12.5. The Balaban J connectivity index is 1.90. The topological polar surface area (TPSA) is 83.5 Å². The van der Waals surface area contributed by atoms with E-state index in [1.165, 1.54) is 0 Å². The van der Waals surface area contributed by atoms with Crippen LogP contribution in [-0.2, 0) is 21.2 Å². The largest absolute Gasteiger partial charge is 0.481 e. The van der Waals surface area contributed by atoms with Crippen LogP contribution in [0.2, 0.25) is 0 Å². The van der Waals surface area contributed by atoms with Gasteiger partial charge in [-0.05, 0) is 49.1 Å². The minimum atomic E-state index is -3.60. The number of para-hydroxylation sites is 1. The highest BCUT2D eigenvalue weighted by atomic mass is 32.2. The highest BCUT2D eigenvalue weighted by molar-refractivity contribution is 7.92. The number of carbonyl (C=O) groups is 1. The van der Waals surface area contributed by atoms with Crippen molar-refractivity contribution in [2.75, 3.05) is 4.72 Å². The van der Waals surface area contributed by atoms with E-state index in [2.05, 4.69) is 4.72 Å². The molecular formula is C19H23NO4S. The first-order valence-corrected chi connectivity index (χ1v) is 9.84. The summed E-state index contributed by atoms with van der Waals surface area (Å²) in [6, 6.07) is 15.7. The maximum Gasteiger partial charge on any atom is 0.303 e. The molecule has 25 heavy (non-hydrogen) atoms. The van der Waals surface area contributed by atoms with Crippen LogP contribution in [-0.4, -0.2) is 19.5 Å². The molecule has 0 radical (unpaired) electrons. The van der Waals surface area contributed by atoms with Gasteiger partial charge in [-0.25, -0.2) is 8.42 Å². The monoisotopic (exact) mass is 361 g/mol. The molecule has 0 saturated carbocycles. The number of hydrogen-bond acceptors (Lipinski definition) is 3. The van der Waals surface area contributed by atoms with E-state index in [0.29, 0.717) is 12.1 Å². The SMILES string of the molecule is O=C(O)CCCCCCc1cccc(S(=O)(=O)Nc2ccccc2)c1. The number of unbranched alkanes of at least 4 members (excludes halogenated alkanes) is 3. The molecule has 0 aliphatic heterocycles. The fourth-order valence-corrected chi connectivity index (χ4v) is 3.68. The van der Waals surface area contributed by atoms with Crippen LogP contribution in [0.15, 0.2) is 59.5 Å². The minimum absolute atomic E-state index is 0.207. The third kappa shape index (κ3) is 6.58. The normalized spacial score (nSPS) is 11.2. The Hall–Kier alpha value is -2.34. The zero-order valence-corrected chi connectivity index (χ0v) is 14.8. The van der Waals surface area contributed by atoms with Crippen LogP contribution in [0.4, 0.5) is 5.69 Å². The molecule has 0 spiro atoms. The Bertz CT molecular complexity index is 788. The van der Waals surface area contributed by atoms with Crippen molar-refractivity contribution in [3.8, 4) is 0 Å². The molecule has 5 nitrogen and oxygen atoms in total. The Kier molecular flexibility index (Phi) is 7.01. The highest BCUT2D eigenvalue weighted by Gasteiger charge is 2.14. The molecule has 0 heterocycles. The highest BCUT2D eigenvalue weighted by Crippen LogP contribution is 2.18. The summed E-state index contributed by atoms with van der Waals surface area (Å²) in [4.78, 5) is 10.7. The van der Waals surface area contributed by atoms with Crippen LogP contribution in [0.25, 0.3) is 0 Å². The first-order chi connectivity index (χ1) is 12.0. The molecule has 2 aromatic rings. The van der Waals surface area contributed by atoms with E-state index in [-0.39, 0.29) is 11.3 Å². The molecule has 0 amide bonds. The standard InChI is InChI=1S/C19H23NO4S/c21-19(22)14-7-2-1-4-9-16-10-8-13-18(15-16)25(23,24)20-17-11-5-3-6-12-17/h3,5-6,8,10-13,15,20H,1-2,4,7,9,14H2,(H,21,22). The van der Waals surface area contributed by atoms with Gasteiger partial charge in [0.2, 0.25) is 0 Å². The number of nitrogens with one attached hydrogen (secondary N) is 1. The predicted molar refractivity (Wildman–Crippen MR) is 98.1 cm³/mol. The lowest BCUT2D eigenvalue weighted by molar-refractivity contribution is -0.137. The Labute approximate surface area is 148 Å². The zero-order chi connectivity index (χ0) is 18.1. The number of anilines is 1. The van der Waals surface area contributed by atoms with Gasteiger partial charge in [0.25, 0.3) is 10.0 Å². The summed E-state index contributed by atoms with van der Waals surface area (Å²) >= 11 is 0. The van der Waals surface area contributed by atoms with Crippen molar-refractivity contribution in [2.24, 2.45) is 0 Å². The lowest BCUT2D eigenvalue weighted by Crippen LogP contribution is -2.13. The van der Waals surface area contributed by atoms with Gasteiger partial charge in [0.05, 0.1) is 4.90 Å². The number of aryl methyl sites for hydroxylation is 1. The second-order valence-corrected chi connectivity index (χ2v) is 7.61. The van der Waals surface area contributed by atoms with Gasteiger partial charge in [0, 0.05) is 12.1 Å². The van der Waals surface area contributed by atoms with E-state index in [9.17, 15) is 13.2 Å². The Morgan fingerprint density at radius 1 is 0.920 bits per heavy atom. The third-order valence-corrected chi connectivity index (χ3v) is 5.22. The summed E-state index contributed by atoms with van der Waals surface area (Å²) < 4.78 is 27.5. The molecule has 0 atom stereocenters. The maximum atomic E-state index is 12.5. The number of benzene rings is 2. The van der Waals surface area contributed by atoms with Gasteiger partial charge in [-0.2, -0.15) is 0 Å². The lowest BCUT2D eigenvalue weighted by Gasteiger charge is -2.09. The van der Waals surface area contributed by atoms with Crippen LogP contribution in [0.5, 0.6) is 0 Å². The fourth-order valence-electron chi connectivity index (χ4n) is 2.55. The van der Waals surface area contributed by atoms with E-state index < -0.39 is 16.0 Å². The molecule has 2 rings (SSSR count). The van der Waals surface area contributed by atoms with Crippen molar-refractivity contribution < 1.29 is 18.3 Å². The first kappa shape index (κ1) is 19.0. The molecule has 0 saturated heterocycles. The van der Waals surface area contributed by atoms with E-state index in [1.54, 1.807) is 42.5 Å². The third-order valence-electron chi connectivity index (χ3n) is 3.84. The van der Waals surface area contributed by atoms with E-state index in [4.69, 9.17) is 5.11 Å². The fraction of sp³-hybridized carbons (Fsp3) is 0.316. The second-order valence-electron chi connectivity index (χ2n) is 5.93. The molecular weight excluding hydrogens is 338 g/mol. The number of rotatable bonds is 10. The van der Waals surface area contributed by atoms with Crippen molar-refractivity contribution in [1.82, 2.24) is 0 Å². The molecule has 2 N–H and O–H groups in total. The molecule has 6 heteroatoms. The second kappa shape index (κ2) is 9.22. The number of aliphatic carboxylic acids is 1. The molecule has 0 aliphatic carbocycles. The molecule has 0 bridgehead atoms. The molecule has 0 fully saturated rings. The van der Waals surface area contributed by atoms with Crippen molar-refractivity contribution in [3.05, 3.63) is 60.2 Å². The lowest BCUT2D eigenvalue weighted by atomic mass is 10.1. The summed E-state index contributed by atoms with van der Waals surface area (Å²) in [6.45, 7) is 0. The molecule has 2 aromatic carbocycles. The summed E-state index contributed by atoms with van der Waals surface area (Å²) in [5.74, 6) is -0.760. The van der Waals surface area contributed by atoms with Gasteiger partial charge in [-0.15, -0.1) is 0 Å². The quantitative estimate of drug-likeness (QED) is 0.625. The van der Waals surface area contributed by atoms with E-state index in [0.717, 1.165) is 31.2 Å². The number of carboxylic acids is 1. The van der Waals surface area contributed by atoms with Crippen LogP contribution in [0.1, 0.15) is 37.7 Å². The van der Waals surface area contributed by atoms with Gasteiger partial charge in [0.1, 0.15) is 0 Å². The van der Waals surface area contributed by atoms with E-state index >= 15 is 0 Å². The van der Waals surface area contributed by atoms with Crippen LogP contribution in [0.3, 0.4) is 0 Å². The summed E-state index contributed by atoms with van der Waals surface area (Å²) in [5, 5.41) is 8.60. The minimum Gasteiger partial charge on any atom is -0.481 e. The van der Waals surface area contributed by atoms with Gasteiger partial charge >= 0.3 is 5.97 Å². The number of sulfonamides is 1. The van der Waals surface area contributed by atoms with Crippen molar-refractivity contribution in [3.63, 3.8) is 0 Å². The Morgan fingerprint density at radius 3 is 2.36 bits per heavy atom. The molecule has 134 valence electrons. The average Bonchev–Trinajstić information content (AvgIpc) is 2.58. The van der Waals surface area contributed by atoms with Crippen LogP contribution in [0, 0.1) is 0 Å². The number of hydrogen-bond donors (Lipinski definition) is 2. The first-order valence-electron chi connectivity index (χ1n) is 8.36. The van der Waals surface area contributed by atoms with Gasteiger partial charge in [-0.1, -0.05) is 43.2 Å². The smallest absolute Gasteiger partial charge is 0.303 e. The number of carboxylic acid groups (broad SMARTS) is 1. The predicted octanol–water partition coefficient (Wildman–Crippen LogP) is 4.07. The summed E-state index contributed by atoms with van der Waals surface area (Å²) in [6.07, 6.45) is 4.40. The van der Waals surface area contributed by atoms with Gasteiger partial charge in [0.15, 0.2) is 0 Å². The van der Waals surface area contributed by atoms with Gasteiger partial charge < -0.3 is 5.11 Å². The molecule has 0 unspecified atom stereocenters. The Morgan fingerprint density at radius 2 is 1.64 bits per heavy atom. The zero-order valence-electron chi connectivity index (χ0n) is 14.0. The van der Waals surface area contributed by atoms with E-state index in [1.807, 2.05) is 12.1 Å². The molecule has 0 aliphatic rings. The molecule has 0 aromatic heterocycles.